The van der Waals surface area contributed by atoms with E-state index in [2.05, 4.69) is 15.1 Å². The molecule has 0 aromatic carbocycles. The number of aromatic nitrogens is 3. The Morgan fingerprint density at radius 3 is 2.73 bits per heavy atom. The standard InChI is InChI=1S/C19H24N4O3/c24-19(16-2-1-7-20-13-16)23-8-3-14(4-9-23)12-17-21-18(22-26-17)15-5-10-25-11-6-15/h1-2,7,13-15H,3-6,8-12H2. The number of carbonyl (C=O) groups excluding carboxylic acids is 1. The average Bonchev–Trinajstić information content (AvgIpc) is 3.18. The molecular weight excluding hydrogens is 332 g/mol. The number of piperidine rings is 1. The zero-order chi connectivity index (χ0) is 17.8. The second kappa shape index (κ2) is 7.95. The van der Waals surface area contributed by atoms with Gasteiger partial charge in [-0.1, -0.05) is 5.16 Å². The van der Waals surface area contributed by atoms with E-state index in [4.69, 9.17) is 9.26 Å². The van der Waals surface area contributed by atoms with Crippen LogP contribution in [0.25, 0.3) is 0 Å². The minimum atomic E-state index is 0.0659. The third kappa shape index (κ3) is 3.93. The van der Waals surface area contributed by atoms with Crippen LogP contribution in [0.4, 0.5) is 0 Å². The van der Waals surface area contributed by atoms with Gasteiger partial charge in [-0.05, 0) is 43.7 Å². The molecule has 0 unspecified atom stereocenters. The molecule has 26 heavy (non-hydrogen) atoms. The van der Waals surface area contributed by atoms with Crippen LogP contribution in [0.1, 0.15) is 53.7 Å². The summed E-state index contributed by atoms with van der Waals surface area (Å²) in [6.07, 6.45) is 7.96. The van der Waals surface area contributed by atoms with Crippen molar-refractivity contribution in [1.29, 1.82) is 0 Å². The van der Waals surface area contributed by atoms with Gasteiger partial charge < -0.3 is 14.2 Å². The number of carbonyl (C=O) groups is 1. The fourth-order valence-electron chi connectivity index (χ4n) is 3.73. The predicted octanol–water partition coefficient (Wildman–Crippen LogP) is 2.45. The van der Waals surface area contributed by atoms with E-state index in [1.54, 1.807) is 18.5 Å². The normalized spacial score (nSPS) is 19.6. The number of amides is 1. The van der Waals surface area contributed by atoms with Crippen molar-refractivity contribution in [2.75, 3.05) is 26.3 Å². The Kier molecular flexibility index (Phi) is 5.24. The van der Waals surface area contributed by atoms with Gasteiger partial charge in [-0.15, -0.1) is 0 Å². The summed E-state index contributed by atoms with van der Waals surface area (Å²) in [6.45, 7) is 3.08. The number of ether oxygens (including phenoxy) is 1. The first kappa shape index (κ1) is 17.1. The quantitative estimate of drug-likeness (QED) is 0.837. The largest absolute Gasteiger partial charge is 0.381 e. The molecule has 7 nitrogen and oxygen atoms in total. The molecule has 2 aromatic rings. The van der Waals surface area contributed by atoms with E-state index in [0.29, 0.717) is 17.4 Å². The topological polar surface area (TPSA) is 81.4 Å². The summed E-state index contributed by atoms with van der Waals surface area (Å²) in [5, 5.41) is 4.18. The Labute approximate surface area is 152 Å². The van der Waals surface area contributed by atoms with E-state index in [1.807, 2.05) is 11.0 Å². The molecule has 4 rings (SSSR count). The lowest BCUT2D eigenvalue weighted by Crippen LogP contribution is -2.39. The Morgan fingerprint density at radius 2 is 2.00 bits per heavy atom. The second-order valence-corrected chi connectivity index (χ2v) is 7.11. The lowest BCUT2D eigenvalue weighted by atomic mass is 9.93. The van der Waals surface area contributed by atoms with Crippen molar-refractivity contribution in [3.05, 3.63) is 41.8 Å². The van der Waals surface area contributed by atoms with Gasteiger partial charge in [0.25, 0.3) is 5.91 Å². The summed E-state index contributed by atoms with van der Waals surface area (Å²) in [4.78, 5) is 23.0. The number of likely N-dealkylation sites (tertiary alicyclic amines) is 1. The Morgan fingerprint density at radius 1 is 1.19 bits per heavy atom. The molecule has 1 amide bonds. The molecule has 0 aliphatic carbocycles. The summed E-state index contributed by atoms with van der Waals surface area (Å²) in [6, 6.07) is 3.61. The third-order valence-electron chi connectivity index (χ3n) is 5.34. The van der Waals surface area contributed by atoms with Gasteiger partial charge in [0, 0.05) is 51.0 Å². The first-order valence-corrected chi connectivity index (χ1v) is 9.39. The first-order valence-electron chi connectivity index (χ1n) is 9.39. The average molecular weight is 356 g/mol. The summed E-state index contributed by atoms with van der Waals surface area (Å²) in [5.41, 5.74) is 0.656. The highest BCUT2D eigenvalue weighted by Crippen LogP contribution is 2.26. The van der Waals surface area contributed by atoms with Crippen molar-refractivity contribution < 1.29 is 14.1 Å². The van der Waals surface area contributed by atoms with Crippen molar-refractivity contribution in [3.63, 3.8) is 0 Å². The minimum absolute atomic E-state index is 0.0659. The van der Waals surface area contributed by atoms with Crippen LogP contribution in [-0.4, -0.2) is 52.2 Å². The molecule has 0 radical (unpaired) electrons. The maximum absolute atomic E-state index is 12.5. The first-order chi connectivity index (χ1) is 12.8. The molecule has 2 saturated heterocycles. The van der Waals surface area contributed by atoms with Crippen molar-refractivity contribution in [2.24, 2.45) is 5.92 Å². The maximum Gasteiger partial charge on any atom is 0.255 e. The number of hydrogen-bond acceptors (Lipinski definition) is 6. The molecule has 0 atom stereocenters. The van der Waals surface area contributed by atoms with E-state index < -0.39 is 0 Å². The van der Waals surface area contributed by atoms with E-state index in [1.165, 1.54) is 0 Å². The van der Waals surface area contributed by atoms with Crippen LogP contribution in [0.3, 0.4) is 0 Å². The molecule has 2 aliphatic rings. The van der Waals surface area contributed by atoms with E-state index >= 15 is 0 Å². The van der Waals surface area contributed by atoms with Gasteiger partial charge in [0.1, 0.15) is 0 Å². The van der Waals surface area contributed by atoms with Gasteiger partial charge in [0.05, 0.1) is 5.56 Å². The van der Waals surface area contributed by atoms with Crippen LogP contribution in [0.5, 0.6) is 0 Å². The van der Waals surface area contributed by atoms with Crippen LogP contribution in [0.15, 0.2) is 29.0 Å². The van der Waals surface area contributed by atoms with Crippen molar-refractivity contribution in [2.45, 2.75) is 38.0 Å². The van der Waals surface area contributed by atoms with Gasteiger partial charge in [0.15, 0.2) is 5.82 Å². The van der Waals surface area contributed by atoms with Gasteiger partial charge in [-0.25, -0.2) is 0 Å². The van der Waals surface area contributed by atoms with Gasteiger partial charge >= 0.3 is 0 Å². The van der Waals surface area contributed by atoms with Crippen molar-refractivity contribution in [3.8, 4) is 0 Å². The molecule has 4 heterocycles. The van der Waals surface area contributed by atoms with Crippen LogP contribution in [-0.2, 0) is 11.2 Å². The zero-order valence-corrected chi connectivity index (χ0v) is 14.8. The third-order valence-corrected chi connectivity index (χ3v) is 5.34. The fraction of sp³-hybridized carbons (Fsp3) is 0.579. The SMILES string of the molecule is O=C(c1cccnc1)N1CCC(Cc2nc(C3CCOCC3)no2)CC1. The summed E-state index contributed by atoms with van der Waals surface area (Å²) in [5.74, 6) is 2.46. The molecule has 2 fully saturated rings. The van der Waals surface area contributed by atoms with Crippen LogP contribution >= 0.6 is 0 Å². The molecule has 0 N–H and O–H groups in total. The monoisotopic (exact) mass is 356 g/mol. The Balaban J connectivity index is 1.29. The molecule has 0 saturated carbocycles. The van der Waals surface area contributed by atoms with Gasteiger partial charge in [-0.3, -0.25) is 9.78 Å². The van der Waals surface area contributed by atoms with Crippen molar-refractivity contribution in [1.82, 2.24) is 20.0 Å². The molecule has 2 aromatic heterocycles. The number of pyridine rings is 1. The lowest BCUT2D eigenvalue weighted by molar-refractivity contribution is 0.0687. The molecular formula is C19H24N4O3. The molecule has 0 spiro atoms. The summed E-state index contributed by atoms with van der Waals surface area (Å²) < 4.78 is 10.9. The van der Waals surface area contributed by atoms with Crippen LogP contribution in [0, 0.1) is 5.92 Å². The van der Waals surface area contributed by atoms with E-state index in [9.17, 15) is 4.79 Å². The van der Waals surface area contributed by atoms with Crippen molar-refractivity contribution >= 4 is 5.91 Å². The number of hydrogen-bond donors (Lipinski definition) is 0. The second-order valence-electron chi connectivity index (χ2n) is 7.11. The van der Waals surface area contributed by atoms with E-state index in [-0.39, 0.29) is 5.91 Å². The summed E-state index contributed by atoms with van der Waals surface area (Å²) >= 11 is 0. The van der Waals surface area contributed by atoms with E-state index in [0.717, 1.165) is 70.1 Å². The predicted molar refractivity (Wildman–Crippen MR) is 93.7 cm³/mol. The highest BCUT2D eigenvalue weighted by molar-refractivity contribution is 5.93. The summed E-state index contributed by atoms with van der Waals surface area (Å²) in [7, 11) is 0. The maximum atomic E-state index is 12.5. The van der Waals surface area contributed by atoms with Crippen LogP contribution in [0.2, 0.25) is 0 Å². The van der Waals surface area contributed by atoms with Crippen LogP contribution < -0.4 is 0 Å². The molecule has 7 heteroatoms. The molecule has 138 valence electrons. The number of nitrogens with zero attached hydrogens (tertiary/aromatic N) is 4. The highest BCUT2D eigenvalue weighted by atomic mass is 16.5. The Hall–Kier alpha value is -2.28. The smallest absolute Gasteiger partial charge is 0.255 e. The lowest BCUT2D eigenvalue weighted by Gasteiger charge is -2.31. The highest BCUT2D eigenvalue weighted by Gasteiger charge is 2.26. The molecule has 0 bridgehead atoms. The molecule has 2 aliphatic heterocycles. The Bertz CT molecular complexity index is 719. The number of rotatable bonds is 4. The minimum Gasteiger partial charge on any atom is -0.381 e. The van der Waals surface area contributed by atoms with Gasteiger partial charge in [0.2, 0.25) is 5.89 Å². The van der Waals surface area contributed by atoms with Gasteiger partial charge in [-0.2, -0.15) is 4.98 Å². The fourth-order valence-corrected chi connectivity index (χ4v) is 3.73. The zero-order valence-electron chi connectivity index (χ0n) is 14.8.